The molecule has 1 aliphatic rings. The lowest BCUT2D eigenvalue weighted by molar-refractivity contribution is -0.147. The van der Waals surface area contributed by atoms with E-state index in [-0.39, 0.29) is 5.92 Å². The van der Waals surface area contributed by atoms with Gasteiger partial charge in [-0.2, -0.15) is 0 Å². The summed E-state index contributed by atoms with van der Waals surface area (Å²) >= 11 is 0. The Kier molecular flexibility index (Phi) is 8.67. The average molecular weight is 524 g/mol. The van der Waals surface area contributed by atoms with E-state index in [9.17, 15) is 17.8 Å². The first-order valence-corrected chi connectivity index (χ1v) is 13.7. The fraction of sp³-hybridized carbons (Fsp3) is 0.300. The predicted octanol–water partition coefficient (Wildman–Crippen LogP) is 6.23. The molecule has 0 aromatic heterocycles. The zero-order chi connectivity index (χ0) is 26.5. The quantitative estimate of drug-likeness (QED) is 0.320. The van der Waals surface area contributed by atoms with Gasteiger partial charge < -0.3 is 5.11 Å². The van der Waals surface area contributed by atoms with Crippen molar-refractivity contribution in [2.75, 3.05) is 18.8 Å². The number of benzene rings is 3. The van der Waals surface area contributed by atoms with Gasteiger partial charge in [0.1, 0.15) is 11.6 Å². The van der Waals surface area contributed by atoms with E-state index < -0.39 is 28.4 Å². The molecule has 1 unspecified atom stereocenters. The largest absolute Gasteiger partial charge is 0.481 e. The molecule has 1 aliphatic heterocycles. The van der Waals surface area contributed by atoms with Gasteiger partial charge in [0.05, 0.1) is 16.7 Å². The first kappa shape index (κ1) is 26.9. The van der Waals surface area contributed by atoms with E-state index in [1.165, 1.54) is 17.7 Å². The molecular formula is C30H31F2NO3S. The molecule has 0 spiro atoms. The van der Waals surface area contributed by atoms with E-state index >= 15 is 0 Å². The predicted molar refractivity (Wildman–Crippen MR) is 143 cm³/mol. The van der Waals surface area contributed by atoms with Gasteiger partial charge >= 0.3 is 5.97 Å². The van der Waals surface area contributed by atoms with Gasteiger partial charge in [-0.1, -0.05) is 36.4 Å². The van der Waals surface area contributed by atoms with Crippen LogP contribution in [0.4, 0.5) is 8.78 Å². The van der Waals surface area contributed by atoms with Gasteiger partial charge in [-0.05, 0) is 84.3 Å². The van der Waals surface area contributed by atoms with Crippen LogP contribution >= 0.6 is 0 Å². The summed E-state index contributed by atoms with van der Waals surface area (Å²) in [4.78, 5) is 13.8. The summed E-state index contributed by atoms with van der Waals surface area (Å²) in [6, 6.07) is 17.2. The van der Waals surface area contributed by atoms with Crippen molar-refractivity contribution in [2.24, 2.45) is 5.92 Å². The van der Waals surface area contributed by atoms with Gasteiger partial charge in [-0.25, -0.2) is 8.78 Å². The lowest BCUT2D eigenvalue weighted by atomic mass is 9.97. The molecule has 0 aliphatic carbocycles. The van der Waals surface area contributed by atoms with Crippen LogP contribution < -0.4 is 0 Å². The lowest BCUT2D eigenvalue weighted by Gasteiger charge is -2.36. The van der Waals surface area contributed by atoms with Crippen LogP contribution in [0, 0.1) is 31.4 Å². The average Bonchev–Trinajstić information content (AvgIpc) is 2.82. The highest BCUT2D eigenvalue weighted by molar-refractivity contribution is 7.85. The normalized spacial score (nSPS) is 15.4. The second kappa shape index (κ2) is 11.9. The Bertz CT molecular complexity index is 1310. The van der Waals surface area contributed by atoms with Crippen LogP contribution in [0.1, 0.15) is 40.7 Å². The number of aryl methyl sites for hydroxylation is 2. The summed E-state index contributed by atoms with van der Waals surface area (Å²) in [7, 11) is -1.21. The molecule has 7 heteroatoms. The Morgan fingerprint density at radius 3 is 2.30 bits per heavy atom. The van der Waals surface area contributed by atoms with E-state index in [1.54, 1.807) is 0 Å². The summed E-state index contributed by atoms with van der Waals surface area (Å²) in [6.07, 6.45) is 3.07. The van der Waals surface area contributed by atoms with Gasteiger partial charge in [0.15, 0.2) is 0 Å². The fourth-order valence-electron chi connectivity index (χ4n) is 4.47. The second-order valence-corrected chi connectivity index (χ2v) is 11.3. The van der Waals surface area contributed by atoms with Crippen LogP contribution in [0.15, 0.2) is 65.6 Å². The monoisotopic (exact) mass is 523 g/mol. The van der Waals surface area contributed by atoms with E-state index in [0.717, 1.165) is 33.2 Å². The van der Waals surface area contributed by atoms with Crippen molar-refractivity contribution in [3.05, 3.63) is 100 Å². The van der Waals surface area contributed by atoms with E-state index in [0.29, 0.717) is 43.8 Å². The maximum Gasteiger partial charge on any atom is 0.309 e. The van der Waals surface area contributed by atoms with Crippen molar-refractivity contribution >= 4 is 28.4 Å². The highest BCUT2D eigenvalue weighted by Crippen LogP contribution is 2.27. The molecule has 3 aromatic rings. The maximum absolute atomic E-state index is 14.0. The topological polar surface area (TPSA) is 57.6 Å². The Morgan fingerprint density at radius 1 is 1.00 bits per heavy atom. The van der Waals surface area contributed by atoms with Crippen LogP contribution in [0.2, 0.25) is 0 Å². The van der Waals surface area contributed by atoms with Crippen LogP contribution in [0.25, 0.3) is 11.6 Å². The Labute approximate surface area is 219 Å². The smallest absolute Gasteiger partial charge is 0.309 e. The molecular weight excluding hydrogens is 492 g/mol. The van der Waals surface area contributed by atoms with Crippen molar-refractivity contribution in [3.63, 3.8) is 0 Å². The number of carbonyl (C=O) groups is 1. The van der Waals surface area contributed by atoms with Gasteiger partial charge in [0.2, 0.25) is 0 Å². The van der Waals surface area contributed by atoms with Crippen LogP contribution in [0.3, 0.4) is 0 Å². The van der Waals surface area contributed by atoms with E-state index in [2.05, 4.69) is 4.90 Å². The molecule has 1 atom stereocenters. The zero-order valence-electron chi connectivity index (χ0n) is 21.0. The Balaban J connectivity index is 1.39. The molecule has 1 heterocycles. The summed E-state index contributed by atoms with van der Waals surface area (Å²) in [6.45, 7) is 5.84. The van der Waals surface area contributed by atoms with E-state index in [1.807, 2.05) is 62.4 Å². The number of carboxylic acids is 1. The Hall–Kier alpha value is -3.16. The molecule has 4 rings (SSSR count). The minimum absolute atomic E-state index is 0.287. The fourth-order valence-corrected chi connectivity index (χ4v) is 5.55. The van der Waals surface area contributed by atoms with Gasteiger partial charge in [0, 0.05) is 36.3 Å². The third kappa shape index (κ3) is 7.21. The molecule has 0 radical (unpaired) electrons. The molecule has 4 nitrogen and oxygen atoms in total. The number of nitrogens with zero attached hydrogens (tertiary/aromatic N) is 1. The number of carboxylic acid groups (broad SMARTS) is 1. The molecule has 0 amide bonds. The summed E-state index contributed by atoms with van der Waals surface area (Å²) in [5, 5.41) is 9.01. The summed E-state index contributed by atoms with van der Waals surface area (Å²) in [5.74, 6) is -1.86. The standard InChI is InChI=1S/C30H31F2NO3S/c1-20-5-6-23(12-21(20)2)13-24(25-14-27(31)16-28(32)15-25)4-3-11-37(36)29-9-7-22(8-10-29)17-33-18-26(19-33)30(34)35/h5-10,12-16,26H,3-4,11,17-19H2,1-2H3,(H,34,35)/b24-13-. The van der Waals surface area contributed by atoms with Gasteiger partial charge in [0.25, 0.3) is 0 Å². The minimum atomic E-state index is -1.21. The van der Waals surface area contributed by atoms with Crippen LogP contribution in [-0.2, 0) is 22.1 Å². The first-order valence-electron chi connectivity index (χ1n) is 12.3. The Morgan fingerprint density at radius 2 is 1.68 bits per heavy atom. The van der Waals surface area contributed by atoms with Crippen LogP contribution in [0.5, 0.6) is 0 Å². The molecule has 1 N–H and O–H groups in total. The van der Waals surface area contributed by atoms with Crippen LogP contribution in [-0.4, -0.2) is 39.0 Å². The molecule has 3 aromatic carbocycles. The maximum atomic E-state index is 14.0. The summed E-state index contributed by atoms with van der Waals surface area (Å²) in [5.41, 5.74) is 5.60. The number of halogens is 2. The number of aliphatic carboxylic acids is 1. The highest BCUT2D eigenvalue weighted by atomic mass is 32.2. The van der Waals surface area contributed by atoms with Crippen molar-refractivity contribution in [3.8, 4) is 0 Å². The number of hydrogen-bond acceptors (Lipinski definition) is 3. The number of allylic oxidation sites excluding steroid dienone is 1. The minimum Gasteiger partial charge on any atom is -0.481 e. The number of likely N-dealkylation sites (tertiary alicyclic amines) is 1. The third-order valence-corrected chi connectivity index (χ3v) is 8.24. The third-order valence-electron chi connectivity index (χ3n) is 6.78. The second-order valence-electron chi connectivity index (χ2n) is 9.70. The van der Waals surface area contributed by atoms with Gasteiger partial charge in [-0.3, -0.25) is 13.9 Å². The number of hydrogen-bond donors (Lipinski definition) is 1. The summed E-state index contributed by atoms with van der Waals surface area (Å²) < 4.78 is 40.9. The van der Waals surface area contributed by atoms with Crippen molar-refractivity contribution in [2.45, 2.75) is 38.1 Å². The first-order chi connectivity index (χ1) is 17.7. The number of rotatable bonds is 10. The molecule has 194 valence electrons. The molecule has 0 saturated carbocycles. The van der Waals surface area contributed by atoms with Crippen molar-refractivity contribution in [1.82, 2.24) is 4.90 Å². The molecule has 0 bridgehead atoms. The molecule has 1 fully saturated rings. The molecule has 1 saturated heterocycles. The van der Waals surface area contributed by atoms with E-state index in [4.69, 9.17) is 5.11 Å². The molecule has 37 heavy (non-hydrogen) atoms. The highest BCUT2D eigenvalue weighted by Gasteiger charge is 2.32. The lowest BCUT2D eigenvalue weighted by Crippen LogP contribution is -2.49. The zero-order valence-corrected chi connectivity index (χ0v) is 21.9. The SMILES string of the molecule is Cc1ccc(/C=C(/CCCS(=O)c2ccc(CN3CC(C(=O)O)C3)cc2)c2cc(F)cc(F)c2)cc1C. The van der Waals surface area contributed by atoms with Crippen molar-refractivity contribution in [1.29, 1.82) is 0 Å². The van der Waals surface area contributed by atoms with Crippen molar-refractivity contribution < 1.29 is 22.9 Å². The van der Waals surface area contributed by atoms with Gasteiger partial charge in [-0.15, -0.1) is 0 Å².